The largest absolute Gasteiger partial charge is 0.475 e. The van der Waals surface area contributed by atoms with Crippen LogP contribution in [0.15, 0.2) is 36.5 Å². The van der Waals surface area contributed by atoms with Gasteiger partial charge in [-0.05, 0) is 44.5 Å². The van der Waals surface area contributed by atoms with Crippen LogP contribution < -0.4 is 14.2 Å². The predicted molar refractivity (Wildman–Crippen MR) is 119 cm³/mol. The maximum absolute atomic E-state index is 12.9. The molecule has 0 saturated carbocycles. The quantitative estimate of drug-likeness (QED) is 0.612. The summed E-state index contributed by atoms with van der Waals surface area (Å²) >= 11 is 0. The maximum Gasteiger partial charge on any atom is 0.255 e. The average molecular weight is 442 g/mol. The van der Waals surface area contributed by atoms with Crippen LogP contribution in [0.2, 0.25) is 0 Å². The molecular formula is C24H31N3O5. The normalized spacial score (nSPS) is 16.3. The van der Waals surface area contributed by atoms with Gasteiger partial charge < -0.3 is 23.8 Å². The molecule has 2 aliphatic heterocycles. The number of benzene rings is 1. The fourth-order valence-corrected chi connectivity index (χ4v) is 3.68. The molecule has 1 aromatic heterocycles. The molecule has 0 aliphatic carbocycles. The minimum Gasteiger partial charge on any atom is -0.475 e. The number of aromatic nitrogens is 1. The minimum atomic E-state index is -0.193. The summed E-state index contributed by atoms with van der Waals surface area (Å²) in [6, 6.07) is 9.56. The molecule has 0 atom stereocenters. The number of pyridine rings is 1. The highest BCUT2D eigenvalue weighted by Gasteiger charge is 2.23. The molecule has 172 valence electrons. The van der Waals surface area contributed by atoms with Gasteiger partial charge in [-0.15, -0.1) is 0 Å². The summed E-state index contributed by atoms with van der Waals surface area (Å²) in [4.78, 5) is 21.3. The molecule has 0 N–H and O–H groups in total. The molecular weight excluding hydrogens is 410 g/mol. The zero-order valence-corrected chi connectivity index (χ0v) is 19.0. The van der Waals surface area contributed by atoms with E-state index in [2.05, 4.69) is 16.0 Å². The first-order chi connectivity index (χ1) is 15.4. The lowest BCUT2D eigenvalue weighted by Crippen LogP contribution is -2.48. The second kappa shape index (κ2) is 9.75. The Labute approximate surface area is 189 Å². The highest BCUT2D eigenvalue weighted by molar-refractivity contribution is 5.94. The van der Waals surface area contributed by atoms with Gasteiger partial charge >= 0.3 is 0 Å². The van der Waals surface area contributed by atoms with Crippen LogP contribution in [0.1, 0.15) is 36.7 Å². The first-order valence-electron chi connectivity index (χ1n) is 11.0. The number of carbonyl (C=O) groups excluding carboxylic acids is 1. The standard InChI is InChI=1S/C24H31N3O5/c1-24(2,3)32-13-12-29-22-7-5-19(15-25-22)23(28)27-10-8-26(9-11-27)16-18-4-6-20-21(14-18)31-17-30-20/h4-7,14-15H,8-13,16-17H2,1-3H3. The van der Waals surface area contributed by atoms with Gasteiger partial charge in [-0.1, -0.05) is 6.07 Å². The van der Waals surface area contributed by atoms with Crippen molar-refractivity contribution in [1.82, 2.24) is 14.8 Å². The van der Waals surface area contributed by atoms with Crippen molar-refractivity contribution >= 4 is 5.91 Å². The smallest absolute Gasteiger partial charge is 0.255 e. The van der Waals surface area contributed by atoms with Crippen LogP contribution in [0.25, 0.3) is 0 Å². The van der Waals surface area contributed by atoms with E-state index in [0.29, 0.717) is 37.7 Å². The van der Waals surface area contributed by atoms with Gasteiger partial charge in [0, 0.05) is 45.0 Å². The number of ether oxygens (including phenoxy) is 4. The number of amides is 1. The number of fused-ring (bicyclic) bond motifs is 1. The van der Waals surface area contributed by atoms with E-state index in [1.165, 1.54) is 5.56 Å². The molecule has 32 heavy (non-hydrogen) atoms. The van der Waals surface area contributed by atoms with E-state index in [1.807, 2.05) is 37.8 Å². The van der Waals surface area contributed by atoms with Crippen LogP contribution in [-0.2, 0) is 11.3 Å². The van der Waals surface area contributed by atoms with Crippen LogP contribution >= 0.6 is 0 Å². The Kier molecular flexibility index (Phi) is 6.81. The molecule has 2 aromatic rings. The molecule has 0 bridgehead atoms. The van der Waals surface area contributed by atoms with Crippen LogP contribution in [0, 0.1) is 0 Å². The Morgan fingerprint density at radius 1 is 1.03 bits per heavy atom. The minimum absolute atomic E-state index is 0.00263. The summed E-state index contributed by atoms with van der Waals surface area (Å²) in [5.41, 5.74) is 1.57. The molecule has 1 saturated heterocycles. The number of piperazine rings is 1. The van der Waals surface area contributed by atoms with Gasteiger partial charge in [-0.2, -0.15) is 0 Å². The zero-order valence-electron chi connectivity index (χ0n) is 19.0. The molecule has 8 nitrogen and oxygen atoms in total. The first-order valence-corrected chi connectivity index (χ1v) is 11.0. The second-order valence-corrected chi connectivity index (χ2v) is 8.95. The summed E-state index contributed by atoms with van der Waals surface area (Å²) in [5.74, 6) is 2.10. The molecule has 0 unspecified atom stereocenters. The Bertz CT molecular complexity index is 918. The number of nitrogens with zero attached hydrogens (tertiary/aromatic N) is 3. The molecule has 2 aliphatic rings. The van der Waals surface area contributed by atoms with E-state index in [4.69, 9.17) is 18.9 Å². The molecule has 4 rings (SSSR count). The van der Waals surface area contributed by atoms with Gasteiger partial charge in [0.2, 0.25) is 12.7 Å². The van der Waals surface area contributed by atoms with Crippen molar-refractivity contribution in [1.29, 1.82) is 0 Å². The fraction of sp³-hybridized carbons (Fsp3) is 0.500. The van der Waals surface area contributed by atoms with Crippen LogP contribution in [0.5, 0.6) is 17.4 Å². The van der Waals surface area contributed by atoms with Crippen molar-refractivity contribution in [2.75, 3.05) is 46.2 Å². The predicted octanol–water partition coefficient (Wildman–Crippen LogP) is 2.96. The van der Waals surface area contributed by atoms with E-state index in [9.17, 15) is 4.79 Å². The molecule has 3 heterocycles. The summed E-state index contributed by atoms with van der Waals surface area (Å²) in [7, 11) is 0. The Balaban J connectivity index is 1.22. The zero-order chi connectivity index (χ0) is 22.6. The van der Waals surface area contributed by atoms with Gasteiger partial charge in [0.05, 0.1) is 17.8 Å². The van der Waals surface area contributed by atoms with Gasteiger partial charge in [0.25, 0.3) is 5.91 Å². The molecule has 1 fully saturated rings. The molecule has 1 amide bonds. The van der Waals surface area contributed by atoms with Crippen LogP contribution in [0.4, 0.5) is 0 Å². The molecule has 8 heteroatoms. The highest BCUT2D eigenvalue weighted by Crippen LogP contribution is 2.32. The Morgan fingerprint density at radius 3 is 2.53 bits per heavy atom. The lowest BCUT2D eigenvalue weighted by atomic mass is 10.1. The summed E-state index contributed by atoms with van der Waals surface area (Å²) in [6.45, 7) is 11.0. The Morgan fingerprint density at radius 2 is 1.81 bits per heavy atom. The van der Waals surface area contributed by atoms with Crippen LogP contribution in [-0.4, -0.2) is 72.5 Å². The third-order valence-electron chi connectivity index (χ3n) is 5.35. The first kappa shape index (κ1) is 22.4. The van der Waals surface area contributed by atoms with Crippen molar-refractivity contribution in [3.63, 3.8) is 0 Å². The topological polar surface area (TPSA) is 73.4 Å². The monoisotopic (exact) mass is 441 g/mol. The van der Waals surface area contributed by atoms with Crippen LogP contribution in [0.3, 0.4) is 0 Å². The molecule has 0 spiro atoms. The fourth-order valence-electron chi connectivity index (χ4n) is 3.68. The highest BCUT2D eigenvalue weighted by atomic mass is 16.7. The summed E-state index contributed by atoms with van der Waals surface area (Å²) < 4.78 is 22.1. The SMILES string of the molecule is CC(C)(C)OCCOc1ccc(C(=O)N2CCN(Cc3ccc4c(c3)OCO4)CC2)cn1. The van der Waals surface area contributed by atoms with Crippen molar-refractivity contribution in [2.45, 2.75) is 32.9 Å². The lowest BCUT2D eigenvalue weighted by Gasteiger charge is -2.34. The number of carbonyl (C=O) groups is 1. The third-order valence-corrected chi connectivity index (χ3v) is 5.35. The van der Waals surface area contributed by atoms with E-state index in [-0.39, 0.29) is 18.3 Å². The van der Waals surface area contributed by atoms with Gasteiger partial charge in [-0.3, -0.25) is 9.69 Å². The lowest BCUT2D eigenvalue weighted by molar-refractivity contribution is -0.0168. The second-order valence-electron chi connectivity index (χ2n) is 8.95. The van der Waals surface area contributed by atoms with Gasteiger partial charge in [0.1, 0.15) is 6.61 Å². The van der Waals surface area contributed by atoms with Crippen molar-refractivity contribution in [2.24, 2.45) is 0 Å². The number of hydrogen-bond acceptors (Lipinski definition) is 7. The maximum atomic E-state index is 12.9. The summed E-state index contributed by atoms with van der Waals surface area (Å²) in [6.07, 6.45) is 1.58. The Hall–Kier alpha value is -2.84. The van der Waals surface area contributed by atoms with E-state index >= 15 is 0 Å². The van der Waals surface area contributed by atoms with E-state index in [0.717, 1.165) is 31.1 Å². The van der Waals surface area contributed by atoms with E-state index in [1.54, 1.807) is 18.3 Å². The number of hydrogen-bond donors (Lipinski definition) is 0. The van der Waals surface area contributed by atoms with E-state index < -0.39 is 0 Å². The van der Waals surface area contributed by atoms with Crippen molar-refractivity contribution in [3.8, 4) is 17.4 Å². The average Bonchev–Trinajstić information content (AvgIpc) is 3.25. The summed E-state index contributed by atoms with van der Waals surface area (Å²) in [5, 5.41) is 0. The molecule has 1 aromatic carbocycles. The third kappa shape index (κ3) is 5.89. The van der Waals surface area contributed by atoms with Gasteiger partial charge in [-0.25, -0.2) is 4.98 Å². The van der Waals surface area contributed by atoms with Gasteiger partial charge in [0.15, 0.2) is 11.5 Å². The number of rotatable bonds is 7. The van der Waals surface area contributed by atoms with Crippen molar-refractivity contribution in [3.05, 3.63) is 47.7 Å². The van der Waals surface area contributed by atoms with Crippen molar-refractivity contribution < 1.29 is 23.7 Å². The molecule has 0 radical (unpaired) electrons.